The number of thiophene rings is 1. The number of esters is 3. The van der Waals surface area contributed by atoms with Crippen LogP contribution in [0.5, 0.6) is 0 Å². The number of ether oxygens (including phenoxy) is 3. The SMILES string of the molecule is CCOC(=O)c1sc(NC(=O)COC(=O)c2oc3ccccc3c2C)c(C(=O)OCC)c1C. The Morgan fingerprint density at radius 3 is 2.24 bits per heavy atom. The first-order chi connectivity index (χ1) is 15.8. The molecule has 1 N–H and O–H groups in total. The van der Waals surface area contributed by atoms with Gasteiger partial charge in [0.05, 0.1) is 18.8 Å². The summed E-state index contributed by atoms with van der Waals surface area (Å²) in [7, 11) is 0. The van der Waals surface area contributed by atoms with Crippen LogP contribution in [0.4, 0.5) is 5.00 Å². The Hall–Kier alpha value is -3.66. The fourth-order valence-electron chi connectivity index (χ4n) is 3.17. The molecule has 0 bridgehead atoms. The Balaban J connectivity index is 1.75. The fraction of sp³-hybridized carbons (Fsp3) is 0.304. The fourth-order valence-corrected chi connectivity index (χ4v) is 4.28. The van der Waals surface area contributed by atoms with Crippen LogP contribution in [0.2, 0.25) is 0 Å². The van der Waals surface area contributed by atoms with E-state index in [1.54, 1.807) is 39.8 Å². The van der Waals surface area contributed by atoms with Gasteiger partial charge in [-0.05, 0) is 39.3 Å². The van der Waals surface area contributed by atoms with Gasteiger partial charge in [-0.15, -0.1) is 11.3 Å². The van der Waals surface area contributed by atoms with Gasteiger partial charge in [0.2, 0.25) is 5.76 Å². The first-order valence-electron chi connectivity index (χ1n) is 10.2. The lowest BCUT2D eigenvalue weighted by molar-refractivity contribution is -0.119. The molecule has 1 amide bonds. The van der Waals surface area contributed by atoms with Gasteiger partial charge in [0, 0.05) is 10.9 Å². The van der Waals surface area contributed by atoms with E-state index in [0.29, 0.717) is 16.7 Å². The summed E-state index contributed by atoms with van der Waals surface area (Å²) in [4.78, 5) is 49.7. The third-order valence-corrected chi connectivity index (χ3v) is 5.89. The lowest BCUT2D eigenvalue weighted by Gasteiger charge is -2.07. The molecule has 2 heterocycles. The highest BCUT2D eigenvalue weighted by molar-refractivity contribution is 7.18. The van der Waals surface area contributed by atoms with Crippen molar-refractivity contribution in [1.29, 1.82) is 0 Å². The molecule has 0 spiro atoms. The number of carbonyl (C=O) groups is 4. The van der Waals surface area contributed by atoms with Crippen molar-refractivity contribution in [2.45, 2.75) is 27.7 Å². The molecule has 3 rings (SSSR count). The Bertz CT molecular complexity index is 1220. The number of fused-ring (bicyclic) bond motifs is 1. The van der Waals surface area contributed by atoms with E-state index < -0.39 is 30.4 Å². The number of carbonyl (C=O) groups excluding carboxylic acids is 4. The van der Waals surface area contributed by atoms with E-state index in [9.17, 15) is 19.2 Å². The topological polar surface area (TPSA) is 121 Å². The van der Waals surface area contributed by atoms with E-state index in [1.165, 1.54) is 0 Å². The van der Waals surface area contributed by atoms with Gasteiger partial charge in [0.15, 0.2) is 6.61 Å². The van der Waals surface area contributed by atoms with E-state index in [4.69, 9.17) is 18.6 Å². The van der Waals surface area contributed by atoms with Crippen molar-refractivity contribution in [3.63, 3.8) is 0 Å². The average molecular weight is 474 g/mol. The number of anilines is 1. The van der Waals surface area contributed by atoms with Crippen molar-refractivity contribution in [2.24, 2.45) is 0 Å². The van der Waals surface area contributed by atoms with Crippen molar-refractivity contribution in [2.75, 3.05) is 25.1 Å². The molecule has 0 atom stereocenters. The molecule has 0 aliphatic heterocycles. The van der Waals surface area contributed by atoms with Crippen LogP contribution in [0.1, 0.15) is 55.6 Å². The van der Waals surface area contributed by atoms with Crippen molar-refractivity contribution >= 4 is 51.1 Å². The third kappa shape index (κ3) is 5.06. The summed E-state index contributed by atoms with van der Waals surface area (Å²) >= 11 is 0.886. The van der Waals surface area contributed by atoms with Crippen LogP contribution in [0, 0.1) is 13.8 Å². The number of furan rings is 1. The summed E-state index contributed by atoms with van der Waals surface area (Å²) in [6, 6.07) is 7.14. The smallest absolute Gasteiger partial charge is 0.375 e. The minimum atomic E-state index is -0.793. The van der Waals surface area contributed by atoms with Crippen LogP contribution in [0.25, 0.3) is 11.0 Å². The molecule has 1 aromatic carbocycles. The summed E-state index contributed by atoms with van der Waals surface area (Å²) in [5, 5.41) is 3.40. The summed E-state index contributed by atoms with van der Waals surface area (Å²) < 4.78 is 20.7. The van der Waals surface area contributed by atoms with Crippen molar-refractivity contribution in [3.8, 4) is 0 Å². The standard InChI is InChI=1S/C23H23NO8S/c1-5-29-21(26)17-13(4)19(23(28)30-6-2)33-20(17)24-16(25)11-31-22(27)18-12(3)14-9-7-8-10-15(14)32-18/h7-10H,5-6,11H2,1-4H3,(H,24,25). The zero-order valence-electron chi connectivity index (χ0n) is 18.6. The molecular formula is C23H23NO8S. The second-order valence-corrected chi connectivity index (χ2v) is 7.90. The zero-order chi connectivity index (χ0) is 24.1. The highest BCUT2D eigenvalue weighted by Gasteiger charge is 2.28. The van der Waals surface area contributed by atoms with Crippen molar-refractivity contribution in [3.05, 3.63) is 51.6 Å². The highest BCUT2D eigenvalue weighted by Crippen LogP contribution is 2.34. The van der Waals surface area contributed by atoms with E-state index in [1.807, 2.05) is 12.1 Å². The lowest BCUT2D eigenvalue weighted by Crippen LogP contribution is -2.22. The molecule has 2 aromatic heterocycles. The number of hydrogen-bond acceptors (Lipinski definition) is 9. The highest BCUT2D eigenvalue weighted by atomic mass is 32.1. The van der Waals surface area contributed by atoms with E-state index in [-0.39, 0.29) is 34.4 Å². The molecule has 0 radical (unpaired) electrons. The maximum Gasteiger partial charge on any atom is 0.375 e. The van der Waals surface area contributed by atoms with Gasteiger partial charge >= 0.3 is 17.9 Å². The number of amides is 1. The predicted octanol–water partition coefficient (Wildman–Crippen LogP) is 4.26. The third-order valence-electron chi connectivity index (χ3n) is 4.70. The Labute approximate surface area is 193 Å². The molecule has 10 heteroatoms. The first kappa shape index (κ1) is 24.0. The number of benzene rings is 1. The molecule has 174 valence electrons. The van der Waals surface area contributed by atoms with Crippen LogP contribution in [0.3, 0.4) is 0 Å². The maximum atomic E-state index is 12.5. The predicted molar refractivity (Wildman–Crippen MR) is 121 cm³/mol. The molecule has 33 heavy (non-hydrogen) atoms. The second kappa shape index (κ2) is 10.3. The van der Waals surface area contributed by atoms with Crippen LogP contribution in [-0.2, 0) is 19.0 Å². The lowest BCUT2D eigenvalue weighted by atomic mass is 10.1. The van der Waals surface area contributed by atoms with E-state index in [2.05, 4.69) is 5.32 Å². The first-order valence-corrected chi connectivity index (χ1v) is 11.0. The van der Waals surface area contributed by atoms with Crippen molar-refractivity contribution in [1.82, 2.24) is 0 Å². The molecule has 0 saturated heterocycles. The van der Waals surface area contributed by atoms with E-state index in [0.717, 1.165) is 16.7 Å². The monoisotopic (exact) mass is 473 g/mol. The molecule has 0 unspecified atom stereocenters. The van der Waals surface area contributed by atoms with Gasteiger partial charge in [0.25, 0.3) is 5.91 Å². The second-order valence-electron chi connectivity index (χ2n) is 6.88. The summed E-state index contributed by atoms with van der Waals surface area (Å²) in [6.45, 7) is 6.24. The quantitative estimate of drug-likeness (QED) is 0.380. The molecule has 9 nitrogen and oxygen atoms in total. The number of hydrogen-bond donors (Lipinski definition) is 1. The Morgan fingerprint density at radius 2 is 1.58 bits per heavy atom. The van der Waals surface area contributed by atoms with Gasteiger partial charge < -0.3 is 23.9 Å². The molecule has 0 fully saturated rings. The minimum absolute atomic E-state index is 0.00720. The zero-order valence-corrected chi connectivity index (χ0v) is 19.4. The number of nitrogens with one attached hydrogen (secondary N) is 1. The van der Waals surface area contributed by atoms with Crippen LogP contribution in [0.15, 0.2) is 28.7 Å². The number of rotatable bonds is 8. The molecule has 0 saturated carbocycles. The largest absolute Gasteiger partial charge is 0.462 e. The summed E-state index contributed by atoms with van der Waals surface area (Å²) in [5.74, 6) is -2.78. The Kier molecular flexibility index (Phi) is 7.49. The summed E-state index contributed by atoms with van der Waals surface area (Å²) in [5.41, 5.74) is 1.53. The van der Waals surface area contributed by atoms with Crippen LogP contribution >= 0.6 is 11.3 Å². The van der Waals surface area contributed by atoms with Gasteiger partial charge in [-0.25, -0.2) is 14.4 Å². The molecule has 3 aromatic rings. The van der Waals surface area contributed by atoms with E-state index >= 15 is 0 Å². The molecule has 0 aliphatic carbocycles. The maximum absolute atomic E-state index is 12.5. The van der Waals surface area contributed by atoms with Crippen LogP contribution < -0.4 is 5.32 Å². The average Bonchev–Trinajstić information content (AvgIpc) is 3.29. The normalized spacial score (nSPS) is 10.7. The van der Waals surface area contributed by atoms with Crippen LogP contribution in [-0.4, -0.2) is 43.6 Å². The van der Waals surface area contributed by atoms with Crippen molar-refractivity contribution < 1.29 is 37.8 Å². The minimum Gasteiger partial charge on any atom is -0.462 e. The number of para-hydroxylation sites is 1. The number of aryl methyl sites for hydroxylation is 1. The van der Waals surface area contributed by atoms with Gasteiger partial charge in [-0.1, -0.05) is 18.2 Å². The van der Waals surface area contributed by atoms with Gasteiger partial charge in [-0.3, -0.25) is 4.79 Å². The van der Waals surface area contributed by atoms with Gasteiger partial charge in [0.1, 0.15) is 15.5 Å². The Morgan fingerprint density at radius 1 is 0.909 bits per heavy atom. The molecule has 0 aliphatic rings. The molecular weight excluding hydrogens is 450 g/mol. The van der Waals surface area contributed by atoms with Gasteiger partial charge in [-0.2, -0.15) is 0 Å². The summed E-state index contributed by atoms with van der Waals surface area (Å²) in [6.07, 6.45) is 0.